The average Bonchev–Trinajstić information content (AvgIpc) is 2.51. The van der Waals surface area contributed by atoms with Crippen molar-refractivity contribution < 1.29 is 0 Å². The number of rotatable bonds is 3. The van der Waals surface area contributed by atoms with Crippen molar-refractivity contribution in [3.63, 3.8) is 0 Å². The molecular formula is C15H25NS. The van der Waals surface area contributed by atoms with Gasteiger partial charge in [-0.1, -0.05) is 38.5 Å². The predicted molar refractivity (Wildman–Crippen MR) is 76.5 cm³/mol. The van der Waals surface area contributed by atoms with E-state index in [2.05, 4.69) is 19.9 Å². The van der Waals surface area contributed by atoms with Crippen LogP contribution >= 0.6 is 11.3 Å². The highest BCUT2D eigenvalue weighted by Gasteiger charge is 2.19. The first-order chi connectivity index (χ1) is 8.16. The summed E-state index contributed by atoms with van der Waals surface area (Å²) in [4.78, 5) is 2.82. The summed E-state index contributed by atoms with van der Waals surface area (Å²) in [6.07, 6.45) is 9.69. The average molecular weight is 251 g/mol. The first-order valence-electron chi connectivity index (χ1n) is 6.99. The van der Waals surface area contributed by atoms with E-state index in [-0.39, 0.29) is 6.04 Å². The molecule has 1 unspecified atom stereocenters. The molecule has 1 atom stereocenters. The molecule has 2 heteroatoms. The Bertz CT molecular complexity index is 348. The van der Waals surface area contributed by atoms with E-state index in [1.54, 1.807) is 0 Å². The lowest BCUT2D eigenvalue weighted by atomic mass is 9.92. The monoisotopic (exact) mass is 251 g/mol. The highest BCUT2D eigenvalue weighted by molar-refractivity contribution is 7.12. The fourth-order valence-electron chi connectivity index (χ4n) is 3.09. The van der Waals surface area contributed by atoms with Crippen molar-refractivity contribution in [2.45, 2.75) is 64.8 Å². The molecule has 17 heavy (non-hydrogen) atoms. The summed E-state index contributed by atoms with van der Waals surface area (Å²) in [5.74, 6) is 0.870. The topological polar surface area (TPSA) is 26.0 Å². The van der Waals surface area contributed by atoms with Gasteiger partial charge in [0.2, 0.25) is 0 Å². The SMILES string of the molecule is Cc1cc(C)c(C(N)CC2CCCCCC2)s1. The van der Waals surface area contributed by atoms with Gasteiger partial charge in [0.05, 0.1) is 0 Å². The molecule has 0 radical (unpaired) electrons. The first-order valence-corrected chi connectivity index (χ1v) is 7.81. The second-order valence-electron chi connectivity index (χ2n) is 5.60. The number of thiophene rings is 1. The highest BCUT2D eigenvalue weighted by atomic mass is 32.1. The molecule has 1 aromatic heterocycles. The van der Waals surface area contributed by atoms with Crippen molar-refractivity contribution >= 4 is 11.3 Å². The molecule has 96 valence electrons. The third-order valence-corrected chi connectivity index (χ3v) is 5.26. The third-order valence-electron chi connectivity index (χ3n) is 3.98. The van der Waals surface area contributed by atoms with Crippen molar-refractivity contribution in [3.05, 3.63) is 21.4 Å². The van der Waals surface area contributed by atoms with E-state index in [1.807, 2.05) is 11.3 Å². The number of hydrogen-bond acceptors (Lipinski definition) is 2. The highest BCUT2D eigenvalue weighted by Crippen LogP contribution is 2.34. The van der Waals surface area contributed by atoms with Crippen LogP contribution < -0.4 is 5.73 Å². The Hall–Kier alpha value is -0.340. The zero-order valence-electron chi connectivity index (χ0n) is 11.2. The molecule has 0 aliphatic heterocycles. The Labute approximate surface area is 109 Å². The van der Waals surface area contributed by atoms with Gasteiger partial charge in [-0.05, 0) is 37.8 Å². The van der Waals surface area contributed by atoms with Crippen LogP contribution in [-0.4, -0.2) is 0 Å². The van der Waals surface area contributed by atoms with E-state index < -0.39 is 0 Å². The maximum Gasteiger partial charge on any atom is 0.0395 e. The minimum Gasteiger partial charge on any atom is -0.323 e. The normalized spacial score (nSPS) is 20.2. The maximum atomic E-state index is 6.40. The lowest BCUT2D eigenvalue weighted by molar-refractivity contribution is 0.394. The van der Waals surface area contributed by atoms with Gasteiger partial charge >= 0.3 is 0 Å². The van der Waals surface area contributed by atoms with Crippen LogP contribution in [0.4, 0.5) is 0 Å². The van der Waals surface area contributed by atoms with Gasteiger partial charge in [0, 0.05) is 15.8 Å². The van der Waals surface area contributed by atoms with Crippen LogP contribution in [-0.2, 0) is 0 Å². The van der Waals surface area contributed by atoms with Crippen molar-refractivity contribution in [1.82, 2.24) is 0 Å². The number of aryl methyl sites for hydroxylation is 2. The summed E-state index contributed by atoms with van der Waals surface area (Å²) in [5, 5.41) is 0. The van der Waals surface area contributed by atoms with Crippen molar-refractivity contribution in [1.29, 1.82) is 0 Å². The first kappa shape index (κ1) is 13.1. The van der Waals surface area contributed by atoms with Gasteiger partial charge < -0.3 is 5.73 Å². The second-order valence-corrected chi connectivity index (χ2v) is 6.89. The van der Waals surface area contributed by atoms with Crippen LogP contribution in [0.5, 0.6) is 0 Å². The van der Waals surface area contributed by atoms with Gasteiger partial charge in [-0.2, -0.15) is 0 Å². The van der Waals surface area contributed by atoms with E-state index in [9.17, 15) is 0 Å². The molecule has 1 nitrogen and oxygen atoms in total. The van der Waals surface area contributed by atoms with Gasteiger partial charge in [0.1, 0.15) is 0 Å². The molecule has 1 aromatic rings. The van der Waals surface area contributed by atoms with Crippen molar-refractivity contribution in [2.24, 2.45) is 11.7 Å². The van der Waals surface area contributed by atoms with Crippen LogP contribution in [0.2, 0.25) is 0 Å². The van der Waals surface area contributed by atoms with E-state index in [1.165, 1.54) is 60.3 Å². The molecule has 0 bridgehead atoms. The molecule has 1 heterocycles. The number of nitrogens with two attached hydrogens (primary N) is 1. The summed E-state index contributed by atoms with van der Waals surface area (Å²) >= 11 is 1.89. The molecule has 2 N–H and O–H groups in total. The lowest BCUT2D eigenvalue weighted by Gasteiger charge is -2.19. The van der Waals surface area contributed by atoms with Crippen molar-refractivity contribution in [2.75, 3.05) is 0 Å². The van der Waals surface area contributed by atoms with E-state index in [0.29, 0.717) is 0 Å². The van der Waals surface area contributed by atoms with Crippen LogP contribution in [0.15, 0.2) is 6.07 Å². The molecule has 1 saturated carbocycles. The minimum absolute atomic E-state index is 0.275. The zero-order valence-corrected chi connectivity index (χ0v) is 12.0. The molecule has 0 amide bonds. The summed E-state index contributed by atoms with van der Waals surface area (Å²) in [6.45, 7) is 4.38. The van der Waals surface area contributed by atoms with Crippen molar-refractivity contribution in [3.8, 4) is 0 Å². The van der Waals surface area contributed by atoms with E-state index in [4.69, 9.17) is 5.73 Å². The zero-order chi connectivity index (χ0) is 12.3. The Balaban J connectivity index is 1.95. The number of hydrogen-bond donors (Lipinski definition) is 1. The van der Waals surface area contributed by atoms with Gasteiger partial charge in [-0.25, -0.2) is 0 Å². The third kappa shape index (κ3) is 3.56. The molecule has 1 aliphatic rings. The predicted octanol–water partition coefficient (Wildman–Crippen LogP) is 4.73. The summed E-state index contributed by atoms with van der Waals surface area (Å²) in [7, 11) is 0. The summed E-state index contributed by atoms with van der Waals surface area (Å²) < 4.78 is 0. The van der Waals surface area contributed by atoms with Crippen LogP contribution in [0.3, 0.4) is 0 Å². The van der Waals surface area contributed by atoms with Crippen LogP contribution in [0.1, 0.15) is 66.3 Å². The standard InChI is InChI=1S/C15H25NS/c1-11-9-12(2)17-15(11)14(16)10-13-7-5-3-4-6-8-13/h9,13-14H,3-8,10,16H2,1-2H3. The fourth-order valence-corrected chi connectivity index (χ4v) is 4.14. The lowest BCUT2D eigenvalue weighted by Crippen LogP contribution is -2.15. The van der Waals surface area contributed by atoms with E-state index in [0.717, 1.165) is 5.92 Å². The molecule has 0 saturated heterocycles. The Morgan fingerprint density at radius 3 is 2.41 bits per heavy atom. The minimum atomic E-state index is 0.275. The van der Waals surface area contributed by atoms with Crippen LogP contribution in [0, 0.1) is 19.8 Å². The summed E-state index contributed by atoms with van der Waals surface area (Å²) in [5.41, 5.74) is 7.80. The van der Waals surface area contributed by atoms with Gasteiger partial charge in [0.25, 0.3) is 0 Å². The quantitative estimate of drug-likeness (QED) is 0.772. The Kier molecular flexibility index (Phi) is 4.63. The van der Waals surface area contributed by atoms with E-state index >= 15 is 0 Å². The van der Waals surface area contributed by atoms with Gasteiger partial charge in [0.15, 0.2) is 0 Å². The molecule has 0 spiro atoms. The molecular weight excluding hydrogens is 226 g/mol. The molecule has 1 fully saturated rings. The smallest absolute Gasteiger partial charge is 0.0395 e. The fraction of sp³-hybridized carbons (Fsp3) is 0.733. The van der Waals surface area contributed by atoms with Gasteiger partial charge in [-0.3, -0.25) is 0 Å². The van der Waals surface area contributed by atoms with Gasteiger partial charge in [-0.15, -0.1) is 11.3 Å². The summed E-state index contributed by atoms with van der Waals surface area (Å²) in [6, 6.07) is 2.55. The Morgan fingerprint density at radius 2 is 1.88 bits per heavy atom. The van der Waals surface area contributed by atoms with Crippen LogP contribution in [0.25, 0.3) is 0 Å². The second kappa shape index (κ2) is 6.01. The molecule has 2 rings (SSSR count). The maximum absolute atomic E-state index is 6.40. The molecule has 1 aliphatic carbocycles. The Morgan fingerprint density at radius 1 is 1.24 bits per heavy atom. The molecule has 0 aromatic carbocycles. The largest absolute Gasteiger partial charge is 0.323 e.